The van der Waals surface area contributed by atoms with Crippen molar-refractivity contribution in [2.24, 2.45) is 0 Å². The molecular weight excluding hydrogens is 322 g/mol. The van der Waals surface area contributed by atoms with E-state index in [1.807, 2.05) is 54.6 Å². The lowest BCUT2D eigenvalue weighted by atomic mass is 10.1. The van der Waals surface area contributed by atoms with E-state index >= 15 is 0 Å². The number of hydrogen-bond donors (Lipinski definition) is 0. The van der Waals surface area contributed by atoms with Crippen molar-refractivity contribution >= 4 is 17.6 Å². The van der Waals surface area contributed by atoms with Crippen LogP contribution in [0.4, 0.5) is 5.69 Å². The Hall–Kier alpha value is -3.02. The maximum atomic E-state index is 11.6. The second kappa shape index (κ2) is 6.12. The minimum Gasteiger partial charge on any atom is -0.455 e. The van der Waals surface area contributed by atoms with E-state index in [9.17, 15) is 9.59 Å². The smallest absolute Gasteiger partial charge is 0.422 e. The van der Waals surface area contributed by atoms with Crippen molar-refractivity contribution in [1.29, 1.82) is 0 Å². The summed E-state index contributed by atoms with van der Waals surface area (Å²) in [7, 11) is 0. The average Bonchev–Trinajstić information content (AvgIpc) is 2.91. The molecule has 1 spiro atoms. The molecule has 128 valence electrons. The molecule has 0 atom stereocenters. The van der Waals surface area contributed by atoms with Gasteiger partial charge in [0.2, 0.25) is 0 Å². The monoisotopic (exact) mass is 339 g/mol. The first kappa shape index (κ1) is 15.5. The molecule has 0 saturated carbocycles. The highest BCUT2D eigenvalue weighted by Gasteiger charge is 2.54. The number of hydrogen-bond acceptors (Lipinski definition) is 6. The Kier molecular flexibility index (Phi) is 3.80. The molecule has 2 aliphatic heterocycles. The largest absolute Gasteiger partial charge is 0.455 e. The van der Waals surface area contributed by atoms with Gasteiger partial charge >= 0.3 is 17.8 Å². The van der Waals surface area contributed by atoms with E-state index in [4.69, 9.17) is 14.2 Å². The zero-order chi connectivity index (χ0) is 17.3. The zero-order valence-electron chi connectivity index (χ0n) is 13.5. The average molecular weight is 339 g/mol. The van der Waals surface area contributed by atoms with Crippen LogP contribution in [-0.4, -0.2) is 24.4 Å². The van der Waals surface area contributed by atoms with Crippen LogP contribution in [0, 0.1) is 0 Å². The van der Waals surface area contributed by atoms with Crippen molar-refractivity contribution in [3.63, 3.8) is 0 Å². The van der Waals surface area contributed by atoms with Crippen molar-refractivity contribution in [3.8, 4) is 11.5 Å². The van der Waals surface area contributed by atoms with Crippen LogP contribution in [0.2, 0.25) is 0 Å². The van der Waals surface area contributed by atoms with Gasteiger partial charge in [0.05, 0.1) is 5.69 Å². The lowest BCUT2D eigenvalue weighted by Gasteiger charge is -2.42. The minimum atomic E-state index is -1.37. The number of anilines is 1. The Morgan fingerprint density at radius 2 is 1.56 bits per heavy atom. The molecule has 2 aromatic carbocycles. The Morgan fingerprint density at radius 1 is 0.880 bits per heavy atom. The molecule has 2 heterocycles. The Morgan fingerprint density at radius 3 is 2.32 bits per heavy atom. The SMILES string of the molecule is O=C1OC2(CCCCN2c2ccccc2Oc2ccccc2)OC1=O. The summed E-state index contributed by atoms with van der Waals surface area (Å²) in [5.74, 6) is -1.97. The van der Waals surface area contributed by atoms with Gasteiger partial charge in [-0.2, -0.15) is 0 Å². The van der Waals surface area contributed by atoms with Crippen LogP contribution in [0.5, 0.6) is 11.5 Å². The van der Waals surface area contributed by atoms with Crippen molar-refractivity contribution < 1.29 is 23.8 Å². The summed E-state index contributed by atoms with van der Waals surface area (Å²) in [6.45, 7) is 0.593. The van der Waals surface area contributed by atoms with Gasteiger partial charge in [-0.25, -0.2) is 9.59 Å². The molecule has 25 heavy (non-hydrogen) atoms. The van der Waals surface area contributed by atoms with Crippen LogP contribution < -0.4 is 9.64 Å². The van der Waals surface area contributed by atoms with Gasteiger partial charge in [-0.3, -0.25) is 4.90 Å². The minimum absolute atomic E-state index is 0.435. The number of rotatable bonds is 3. The Balaban J connectivity index is 1.71. The summed E-state index contributed by atoms with van der Waals surface area (Å²) in [4.78, 5) is 25.1. The summed E-state index contributed by atoms with van der Waals surface area (Å²) < 4.78 is 16.7. The number of carbonyl (C=O) groups excluding carboxylic acids is 2. The molecule has 0 N–H and O–H groups in total. The normalized spacial score (nSPS) is 18.8. The quantitative estimate of drug-likeness (QED) is 0.632. The molecule has 2 aliphatic rings. The first-order valence-corrected chi connectivity index (χ1v) is 8.24. The van der Waals surface area contributed by atoms with Gasteiger partial charge in [0.1, 0.15) is 5.75 Å². The second-order valence-electron chi connectivity index (χ2n) is 5.98. The molecule has 6 nitrogen and oxygen atoms in total. The molecule has 0 bridgehead atoms. The highest BCUT2D eigenvalue weighted by molar-refractivity contribution is 6.31. The third kappa shape index (κ3) is 2.80. The third-order valence-electron chi connectivity index (χ3n) is 4.33. The number of nitrogens with zero attached hydrogens (tertiary/aromatic N) is 1. The fourth-order valence-corrected chi connectivity index (χ4v) is 3.22. The fraction of sp³-hybridized carbons (Fsp3) is 0.263. The number of esters is 2. The number of benzene rings is 2. The predicted octanol–water partition coefficient (Wildman–Crippen LogP) is 3.22. The van der Waals surface area contributed by atoms with E-state index in [-0.39, 0.29) is 0 Å². The van der Waals surface area contributed by atoms with Gasteiger partial charge in [-0.05, 0) is 37.1 Å². The number of carbonyl (C=O) groups is 2. The summed E-state index contributed by atoms with van der Waals surface area (Å²) in [6.07, 6.45) is 2.14. The molecule has 0 amide bonds. The van der Waals surface area contributed by atoms with Crippen LogP contribution in [-0.2, 0) is 19.1 Å². The van der Waals surface area contributed by atoms with Gasteiger partial charge in [-0.1, -0.05) is 30.3 Å². The molecule has 0 aliphatic carbocycles. The maximum absolute atomic E-state index is 11.6. The van der Waals surface area contributed by atoms with Gasteiger partial charge in [0.25, 0.3) is 0 Å². The van der Waals surface area contributed by atoms with E-state index in [0.29, 0.717) is 30.2 Å². The topological polar surface area (TPSA) is 65.1 Å². The zero-order valence-corrected chi connectivity index (χ0v) is 13.5. The molecule has 4 rings (SSSR count). The van der Waals surface area contributed by atoms with Gasteiger partial charge in [-0.15, -0.1) is 0 Å². The van der Waals surface area contributed by atoms with Crippen LogP contribution >= 0.6 is 0 Å². The lowest BCUT2D eigenvalue weighted by molar-refractivity contribution is -0.185. The molecule has 6 heteroatoms. The molecule has 0 radical (unpaired) electrons. The van der Waals surface area contributed by atoms with Gasteiger partial charge < -0.3 is 14.2 Å². The van der Waals surface area contributed by atoms with Crippen molar-refractivity contribution in [1.82, 2.24) is 0 Å². The number of piperidine rings is 1. The van der Waals surface area contributed by atoms with E-state index in [0.717, 1.165) is 12.8 Å². The highest BCUT2D eigenvalue weighted by atomic mass is 16.8. The van der Waals surface area contributed by atoms with Crippen molar-refractivity contribution in [2.75, 3.05) is 11.4 Å². The van der Waals surface area contributed by atoms with E-state index < -0.39 is 17.8 Å². The van der Waals surface area contributed by atoms with Crippen LogP contribution in [0.15, 0.2) is 54.6 Å². The summed E-state index contributed by atoms with van der Waals surface area (Å²) in [5, 5.41) is 0. The molecule has 2 fully saturated rings. The van der Waals surface area contributed by atoms with E-state index in [1.54, 1.807) is 4.90 Å². The second-order valence-corrected chi connectivity index (χ2v) is 5.98. The molecule has 2 aromatic rings. The van der Waals surface area contributed by atoms with E-state index in [2.05, 4.69) is 0 Å². The van der Waals surface area contributed by atoms with Gasteiger partial charge in [0.15, 0.2) is 5.75 Å². The Bertz CT molecular complexity index is 788. The number of para-hydroxylation sites is 3. The van der Waals surface area contributed by atoms with Crippen LogP contribution in [0.3, 0.4) is 0 Å². The van der Waals surface area contributed by atoms with Crippen LogP contribution in [0.25, 0.3) is 0 Å². The fourth-order valence-electron chi connectivity index (χ4n) is 3.22. The predicted molar refractivity (Wildman–Crippen MR) is 89.1 cm³/mol. The molecule has 2 saturated heterocycles. The lowest BCUT2D eigenvalue weighted by Crippen LogP contribution is -2.53. The van der Waals surface area contributed by atoms with Gasteiger partial charge in [0, 0.05) is 13.0 Å². The molecule has 0 unspecified atom stereocenters. The standard InChI is InChI=1S/C19H17NO5/c21-17-18(22)25-19(24-17)12-6-7-13-20(19)15-10-4-5-11-16(15)23-14-8-2-1-3-9-14/h1-5,8-11H,6-7,12-13H2. The van der Waals surface area contributed by atoms with E-state index in [1.165, 1.54) is 0 Å². The molecular formula is C19H17NO5. The summed E-state index contributed by atoms with van der Waals surface area (Å²) in [6, 6.07) is 16.8. The number of ether oxygens (including phenoxy) is 3. The highest BCUT2D eigenvalue weighted by Crippen LogP contribution is 2.42. The molecule has 0 aromatic heterocycles. The van der Waals surface area contributed by atoms with Crippen molar-refractivity contribution in [3.05, 3.63) is 54.6 Å². The summed E-state index contributed by atoms with van der Waals surface area (Å²) in [5.41, 5.74) is 0.716. The maximum Gasteiger partial charge on any atom is 0.422 e. The summed E-state index contributed by atoms with van der Waals surface area (Å²) >= 11 is 0. The first-order valence-electron chi connectivity index (χ1n) is 8.24. The first-order chi connectivity index (χ1) is 12.2. The third-order valence-corrected chi connectivity index (χ3v) is 4.33. The van der Waals surface area contributed by atoms with Crippen LogP contribution in [0.1, 0.15) is 19.3 Å². The Labute approximate surface area is 144 Å². The van der Waals surface area contributed by atoms with Crippen molar-refractivity contribution in [2.45, 2.75) is 25.2 Å².